The Morgan fingerprint density at radius 2 is 2.17 bits per heavy atom. The standard InChI is InChI=1S/C11H11FN4O2/c1-6(17)13-10-14-9(15-11(18)16-10)7-4-2-3-5-8(7)12/h2-5,9H,1H3,(H3,13,14,15,16,17,18). The second kappa shape index (κ2) is 4.82. The molecule has 0 saturated heterocycles. The summed E-state index contributed by atoms with van der Waals surface area (Å²) < 4.78 is 13.6. The van der Waals surface area contributed by atoms with Crippen LogP contribution in [0.15, 0.2) is 29.3 Å². The Bertz CT molecular complexity index is 530. The zero-order chi connectivity index (χ0) is 13.1. The maximum atomic E-state index is 13.6. The molecule has 1 heterocycles. The lowest BCUT2D eigenvalue weighted by atomic mass is 10.1. The number of guanidine groups is 1. The average molecular weight is 250 g/mol. The smallest absolute Gasteiger partial charge is 0.312 e. The van der Waals surface area contributed by atoms with E-state index in [1.54, 1.807) is 12.1 Å². The van der Waals surface area contributed by atoms with Gasteiger partial charge in [0.2, 0.25) is 11.9 Å². The van der Waals surface area contributed by atoms with Gasteiger partial charge in [-0.3, -0.25) is 15.4 Å². The Morgan fingerprint density at radius 3 is 2.83 bits per heavy atom. The predicted octanol–water partition coefficient (Wildman–Crippen LogP) is 0.629. The molecule has 1 aliphatic heterocycles. The number of carbonyl (C=O) groups is 2. The van der Waals surface area contributed by atoms with Gasteiger partial charge in [0.25, 0.3) is 0 Å². The van der Waals surface area contributed by atoms with Crippen LogP contribution in [0.5, 0.6) is 0 Å². The van der Waals surface area contributed by atoms with Crippen molar-refractivity contribution >= 4 is 17.9 Å². The maximum Gasteiger partial charge on any atom is 0.323 e. The maximum absolute atomic E-state index is 13.6. The molecular weight excluding hydrogens is 239 g/mol. The predicted molar refractivity (Wildman–Crippen MR) is 62.1 cm³/mol. The molecule has 1 atom stereocenters. The van der Waals surface area contributed by atoms with Gasteiger partial charge in [-0.2, -0.15) is 0 Å². The van der Waals surface area contributed by atoms with Crippen LogP contribution in [0, 0.1) is 5.82 Å². The number of aliphatic imine (C=N–C) groups is 1. The van der Waals surface area contributed by atoms with Gasteiger partial charge in [-0.1, -0.05) is 18.2 Å². The molecule has 6 nitrogen and oxygen atoms in total. The Kier molecular flexibility index (Phi) is 3.22. The highest BCUT2D eigenvalue weighted by Gasteiger charge is 2.23. The Balaban J connectivity index is 2.30. The van der Waals surface area contributed by atoms with Crippen molar-refractivity contribution in [2.24, 2.45) is 4.99 Å². The van der Waals surface area contributed by atoms with Crippen LogP contribution in [0.25, 0.3) is 0 Å². The summed E-state index contributed by atoms with van der Waals surface area (Å²) in [5.74, 6) is -0.849. The van der Waals surface area contributed by atoms with Crippen LogP contribution in [0.3, 0.4) is 0 Å². The molecule has 3 N–H and O–H groups in total. The minimum atomic E-state index is -0.859. The molecule has 0 aromatic heterocycles. The van der Waals surface area contributed by atoms with Gasteiger partial charge in [0.1, 0.15) is 5.82 Å². The molecule has 0 bridgehead atoms. The fraction of sp³-hybridized carbons (Fsp3) is 0.182. The second-order valence-corrected chi connectivity index (χ2v) is 3.68. The number of carbonyl (C=O) groups excluding carboxylic acids is 2. The molecule has 0 fully saturated rings. The summed E-state index contributed by atoms with van der Waals surface area (Å²) >= 11 is 0. The molecule has 1 unspecified atom stereocenters. The zero-order valence-electron chi connectivity index (χ0n) is 9.53. The number of nitrogens with one attached hydrogen (secondary N) is 3. The van der Waals surface area contributed by atoms with E-state index in [-0.39, 0.29) is 17.4 Å². The molecular formula is C11H11FN4O2. The highest BCUT2D eigenvalue weighted by atomic mass is 19.1. The summed E-state index contributed by atoms with van der Waals surface area (Å²) in [7, 11) is 0. The number of rotatable bonds is 1. The lowest BCUT2D eigenvalue weighted by molar-refractivity contribution is -0.117. The molecule has 3 amide bonds. The fourth-order valence-corrected chi connectivity index (χ4v) is 1.54. The highest BCUT2D eigenvalue weighted by Crippen LogP contribution is 2.19. The lowest BCUT2D eigenvalue weighted by Gasteiger charge is -2.23. The molecule has 94 valence electrons. The largest absolute Gasteiger partial charge is 0.323 e. The molecule has 1 aliphatic rings. The zero-order valence-corrected chi connectivity index (χ0v) is 9.53. The molecule has 0 aliphatic carbocycles. The van der Waals surface area contributed by atoms with Crippen molar-refractivity contribution in [2.75, 3.05) is 0 Å². The monoisotopic (exact) mass is 250 g/mol. The molecule has 0 saturated carbocycles. The third-order valence-corrected chi connectivity index (χ3v) is 2.25. The van der Waals surface area contributed by atoms with E-state index in [1.165, 1.54) is 19.1 Å². The van der Waals surface area contributed by atoms with Gasteiger partial charge in [0, 0.05) is 12.5 Å². The number of hydrogen-bond acceptors (Lipinski definition) is 3. The van der Waals surface area contributed by atoms with Crippen molar-refractivity contribution in [3.05, 3.63) is 35.6 Å². The van der Waals surface area contributed by atoms with Gasteiger partial charge in [-0.05, 0) is 6.07 Å². The van der Waals surface area contributed by atoms with Gasteiger partial charge < -0.3 is 5.32 Å². The quantitative estimate of drug-likeness (QED) is 0.683. The minimum absolute atomic E-state index is 0.000460. The van der Waals surface area contributed by atoms with Gasteiger partial charge in [0.05, 0.1) is 0 Å². The van der Waals surface area contributed by atoms with E-state index in [0.717, 1.165) is 0 Å². The van der Waals surface area contributed by atoms with E-state index in [4.69, 9.17) is 0 Å². The summed E-state index contributed by atoms with van der Waals surface area (Å²) in [6, 6.07) is 5.42. The summed E-state index contributed by atoms with van der Waals surface area (Å²) in [5, 5.41) is 7.11. The van der Waals surface area contributed by atoms with Crippen molar-refractivity contribution in [2.45, 2.75) is 13.1 Å². The van der Waals surface area contributed by atoms with Crippen LogP contribution in [-0.4, -0.2) is 17.9 Å². The first kappa shape index (κ1) is 12.0. The minimum Gasteiger partial charge on any atom is -0.312 e. The van der Waals surface area contributed by atoms with Crippen LogP contribution in [0.4, 0.5) is 9.18 Å². The fourth-order valence-electron chi connectivity index (χ4n) is 1.54. The average Bonchev–Trinajstić information content (AvgIpc) is 2.27. The van der Waals surface area contributed by atoms with Crippen molar-refractivity contribution in [3.63, 3.8) is 0 Å². The molecule has 1 aromatic rings. The lowest BCUT2D eigenvalue weighted by Crippen LogP contribution is -2.52. The van der Waals surface area contributed by atoms with Crippen LogP contribution in [0.2, 0.25) is 0 Å². The summed E-state index contributed by atoms with van der Waals surface area (Å²) in [4.78, 5) is 26.3. The van der Waals surface area contributed by atoms with Crippen LogP contribution < -0.4 is 16.0 Å². The van der Waals surface area contributed by atoms with Gasteiger partial charge in [-0.25, -0.2) is 14.2 Å². The number of amides is 3. The van der Waals surface area contributed by atoms with Crippen LogP contribution >= 0.6 is 0 Å². The van der Waals surface area contributed by atoms with E-state index in [2.05, 4.69) is 20.9 Å². The molecule has 18 heavy (non-hydrogen) atoms. The summed E-state index contributed by atoms with van der Waals surface area (Å²) in [5.41, 5.74) is 0.232. The molecule has 2 rings (SSSR count). The summed E-state index contributed by atoms with van der Waals surface area (Å²) in [6.07, 6.45) is -0.859. The van der Waals surface area contributed by atoms with Crippen molar-refractivity contribution in [1.82, 2.24) is 16.0 Å². The first-order valence-electron chi connectivity index (χ1n) is 5.23. The first-order chi connectivity index (χ1) is 8.56. The third kappa shape index (κ3) is 2.62. The number of hydrogen-bond donors (Lipinski definition) is 3. The first-order valence-corrected chi connectivity index (χ1v) is 5.23. The van der Waals surface area contributed by atoms with Crippen LogP contribution in [-0.2, 0) is 4.79 Å². The van der Waals surface area contributed by atoms with Gasteiger partial charge in [0.15, 0.2) is 6.17 Å². The number of urea groups is 1. The van der Waals surface area contributed by atoms with E-state index in [0.29, 0.717) is 0 Å². The van der Waals surface area contributed by atoms with Crippen molar-refractivity contribution < 1.29 is 14.0 Å². The third-order valence-electron chi connectivity index (χ3n) is 2.25. The number of nitrogens with zero attached hydrogens (tertiary/aromatic N) is 1. The van der Waals surface area contributed by atoms with E-state index in [9.17, 15) is 14.0 Å². The molecule has 1 aromatic carbocycles. The normalized spacial score (nSPS) is 18.4. The van der Waals surface area contributed by atoms with E-state index < -0.39 is 18.0 Å². The van der Waals surface area contributed by atoms with Gasteiger partial charge in [-0.15, -0.1) is 0 Å². The summed E-state index contributed by atoms with van der Waals surface area (Å²) in [6.45, 7) is 1.29. The van der Waals surface area contributed by atoms with Crippen molar-refractivity contribution in [1.29, 1.82) is 0 Å². The Labute approximate surface area is 102 Å². The number of halogens is 1. The van der Waals surface area contributed by atoms with Crippen LogP contribution in [0.1, 0.15) is 18.7 Å². The second-order valence-electron chi connectivity index (χ2n) is 3.68. The Hall–Kier alpha value is -2.44. The van der Waals surface area contributed by atoms with Crippen molar-refractivity contribution in [3.8, 4) is 0 Å². The van der Waals surface area contributed by atoms with Gasteiger partial charge >= 0.3 is 6.03 Å². The SMILES string of the molecule is CC(=O)NC1=NC(c2ccccc2F)NC(=O)N1. The molecule has 0 spiro atoms. The van der Waals surface area contributed by atoms with E-state index in [1.807, 2.05) is 0 Å². The molecule has 0 radical (unpaired) electrons. The Morgan fingerprint density at radius 1 is 1.44 bits per heavy atom. The topological polar surface area (TPSA) is 82.6 Å². The molecule has 7 heteroatoms. The van der Waals surface area contributed by atoms with E-state index >= 15 is 0 Å². The number of benzene rings is 1. The highest BCUT2D eigenvalue weighted by molar-refractivity contribution is 6.04.